The van der Waals surface area contributed by atoms with Crippen LogP contribution in [0.3, 0.4) is 0 Å². The Labute approximate surface area is 242 Å². The summed E-state index contributed by atoms with van der Waals surface area (Å²) in [7, 11) is 0. The minimum atomic E-state index is -1.27. The maximum absolute atomic E-state index is 11.0. The third-order valence-corrected chi connectivity index (χ3v) is 8.64. The largest absolute Gasteiger partial charge is 0.388 e. The number of hydrogen-bond donors (Lipinski definition) is 7. The first-order valence-electron chi connectivity index (χ1n) is 16.2. The topological polar surface area (TPSA) is 192 Å². The molecule has 0 aromatic carbocycles. The van der Waals surface area contributed by atoms with E-state index >= 15 is 0 Å². The van der Waals surface area contributed by atoms with Crippen molar-refractivity contribution in [2.24, 2.45) is 22.9 Å². The van der Waals surface area contributed by atoms with Crippen LogP contribution in [-0.2, 0) is 14.2 Å². The van der Waals surface area contributed by atoms with Crippen LogP contribution in [0, 0.1) is 0 Å². The zero-order valence-electron chi connectivity index (χ0n) is 25.1. The van der Waals surface area contributed by atoms with Crippen LogP contribution < -0.4 is 22.9 Å². The monoisotopic (exact) mass is 574 g/mol. The Morgan fingerprint density at radius 3 is 1.62 bits per heavy atom. The molecule has 0 aromatic heterocycles. The summed E-state index contributed by atoms with van der Waals surface area (Å²) in [5.74, 6) is 0. The summed E-state index contributed by atoms with van der Waals surface area (Å²) in [6.07, 6.45) is 14.4. The van der Waals surface area contributed by atoms with Crippen LogP contribution in [0.25, 0.3) is 0 Å². The molecule has 0 radical (unpaired) electrons. The predicted octanol–water partition coefficient (Wildman–Crippen LogP) is 2.17. The predicted molar refractivity (Wildman–Crippen MR) is 158 cm³/mol. The Morgan fingerprint density at radius 2 is 1.12 bits per heavy atom. The fourth-order valence-corrected chi connectivity index (χ4v) is 5.97. The molecule has 238 valence electrons. The van der Waals surface area contributed by atoms with Crippen molar-refractivity contribution in [2.45, 2.75) is 177 Å². The van der Waals surface area contributed by atoms with Crippen molar-refractivity contribution in [1.29, 1.82) is 0 Å². The molecule has 1 aliphatic heterocycles. The van der Waals surface area contributed by atoms with Gasteiger partial charge < -0.3 is 52.5 Å². The minimum absolute atomic E-state index is 0.0139. The van der Waals surface area contributed by atoms with Gasteiger partial charge in [-0.2, -0.15) is 0 Å². The van der Waals surface area contributed by atoms with Gasteiger partial charge in [0.1, 0.15) is 36.6 Å². The number of ether oxygens (including phenoxy) is 3. The zero-order chi connectivity index (χ0) is 29.3. The number of hydrogen-bond acceptors (Lipinski definition) is 10. The van der Waals surface area contributed by atoms with Gasteiger partial charge in [-0.15, -0.1) is 0 Å². The Bertz CT molecular complexity index is 633. The van der Waals surface area contributed by atoms with Crippen LogP contribution in [0.15, 0.2) is 0 Å². The smallest absolute Gasteiger partial charge is 0.176 e. The normalized spacial score (nSPS) is 34.8. The molecule has 0 spiro atoms. The number of unbranched alkanes of at least 4 members (excludes halogenated alkanes) is 15. The Kier molecular flexibility index (Phi) is 18.3. The quantitative estimate of drug-likeness (QED) is 0.0999. The van der Waals surface area contributed by atoms with Gasteiger partial charge in [0.25, 0.3) is 0 Å². The molecule has 1 heterocycles. The lowest BCUT2D eigenvalue weighted by Gasteiger charge is -2.46. The van der Waals surface area contributed by atoms with Crippen molar-refractivity contribution in [3.05, 3.63) is 0 Å². The van der Waals surface area contributed by atoms with Gasteiger partial charge in [-0.05, 0) is 12.8 Å². The van der Waals surface area contributed by atoms with E-state index < -0.39 is 61.0 Å². The molecular weight excluding hydrogens is 512 g/mol. The van der Waals surface area contributed by atoms with E-state index in [2.05, 4.69) is 6.92 Å². The number of rotatable bonds is 21. The lowest BCUT2D eigenvalue weighted by molar-refractivity contribution is -0.289. The molecule has 40 heavy (non-hydrogen) atoms. The van der Waals surface area contributed by atoms with Gasteiger partial charge in [-0.1, -0.05) is 103 Å². The van der Waals surface area contributed by atoms with E-state index in [0.717, 1.165) is 12.8 Å². The highest BCUT2D eigenvalue weighted by molar-refractivity contribution is 5.00. The molecule has 0 bridgehead atoms. The maximum atomic E-state index is 11.0. The molecule has 10 heteroatoms. The SMILES string of the molecule is CCCCCCCCCCCCCCCCCCO[C@@H]1[C@@H](O)[C@H](O[C@H]2O[C@H](CN)[C@@H](O)[C@H](O)[C@H]2N)[C@@H](N)C[C@H]1N. The fraction of sp³-hybridized carbons (Fsp3) is 1.00. The summed E-state index contributed by atoms with van der Waals surface area (Å²) in [5, 5.41) is 31.4. The van der Waals surface area contributed by atoms with Crippen LogP contribution in [0.2, 0.25) is 0 Å². The van der Waals surface area contributed by atoms with Crippen LogP contribution in [-0.4, -0.2) is 89.5 Å². The van der Waals surface area contributed by atoms with E-state index in [4.69, 9.17) is 37.1 Å². The lowest BCUT2D eigenvalue weighted by atomic mass is 9.84. The molecule has 11 N–H and O–H groups in total. The van der Waals surface area contributed by atoms with Crippen molar-refractivity contribution < 1.29 is 29.5 Å². The molecule has 1 saturated heterocycles. The van der Waals surface area contributed by atoms with Crippen LogP contribution >= 0.6 is 0 Å². The zero-order valence-corrected chi connectivity index (χ0v) is 25.1. The third-order valence-electron chi connectivity index (χ3n) is 8.64. The molecule has 0 unspecified atom stereocenters. The number of aliphatic hydroxyl groups is 3. The van der Waals surface area contributed by atoms with Crippen molar-refractivity contribution >= 4 is 0 Å². The average Bonchev–Trinajstić information content (AvgIpc) is 2.94. The molecule has 0 aromatic rings. The minimum Gasteiger partial charge on any atom is -0.388 e. The summed E-state index contributed by atoms with van der Waals surface area (Å²) < 4.78 is 17.6. The second-order valence-electron chi connectivity index (χ2n) is 12.1. The van der Waals surface area contributed by atoms with Gasteiger partial charge in [0, 0.05) is 25.2 Å². The molecule has 2 aliphatic rings. The van der Waals surface area contributed by atoms with E-state index in [1.54, 1.807) is 0 Å². The van der Waals surface area contributed by atoms with Gasteiger partial charge in [0.2, 0.25) is 0 Å². The molecule has 2 rings (SSSR count). The summed E-state index contributed by atoms with van der Waals surface area (Å²) >= 11 is 0. The first-order valence-corrected chi connectivity index (χ1v) is 16.2. The molecule has 1 saturated carbocycles. The van der Waals surface area contributed by atoms with Gasteiger partial charge in [0.05, 0.1) is 6.04 Å². The van der Waals surface area contributed by atoms with Crippen molar-refractivity contribution in [2.75, 3.05) is 13.2 Å². The van der Waals surface area contributed by atoms with E-state index in [9.17, 15) is 15.3 Å². The maximum Gasteiger partial charge on any atom is 0.176 e. The first kappa shape index (κ1) is 35.8. The summed E-state index contributed by atoms with van der Waals surface area (Å²) in [5.41, 5.74) is 24.2. The highest BCUT2D eigenvalue weighted by Gasteiger charge is 2.48. The Balaban J connectivity index is 1.56. The van der Waals surface area contributed by atoms with Gasteiger partial charge in [0.15, 0.2) is 6.29 Å². The van der Waals surface area contributed by atoms with E-state index in [1.807, 2.05) is 0 Å². The van der Waals surface area contributed by atoms with Crippen LogP contribution in [0.4, 0.5) is 0 Å². The summed E-state index contributed by atoms with van der Waals surface area (Å²) in [4.78, 5) is 0. The van der Waals surface area contributed by atoms with Gasteiger partial charge >= 0.3 is 0 Å². The molecule has 10 atom stereocenters. The molecular formula is C30H62N4O6. The first-order chi connectivity index (χ1) is 19.3. The standard InChI is InChI=1S/C30H62N4O6/c1-2-3-4-5-6-7-8-9-10-11-12-13-14-15-16-17-18-38-28-21(32)19-22(33)29(27(28)37)40-30-24(34)26(36)25(35)23(20-31)39-30/h21-30,35-37H,2-20,31-34H2,1H3/t21-,22+,23-,24-,25-,26-,27-,28+,29-,30-/m1/s1. The van der Waals surface area contributed by atoms with Crippen LogP contribution in [0.5, 0.6) is 0 Å². The summed E-state index contributed by atoms with van der Waals surface area (Å²) in [6.45, 7) is 2.76. The van der Waals surface area contributed by atoms with Crippen LogP contribution in [0.1, 0.15) is 116 Å². The molecule has 2 fully saturated rings. The fourth-order valence-electron chi connectivity index (χ4n) is 5.97. The lowest BCUT2D eigenvalue weighted by Crippen LogP contribution is -2.67. The summed E-state index contributed by atoms with van der Waals surface area (Å²) in [6, 6.07) is -2.00. The van der Waals surface area contributed by atoms with Crippen molar-refractivity contribution in [3.63, 3.8) is 0 Å². The Morgan fingerprint density at radius 1 is 0.650 bits per heavy atom. The Hall–Kier alpha value is -0.400. The van der Waals surface area contributed by atoms with Crippen molar-refractivity contribution in [1.82, 2.24) is 0 Å². The van der Waals surface area contributed by atoms with Gasteiger partial charge in [-0.25, -0.2) is 0 Å². The highest BCUT2D eigenvalue weighted by Crippen LogP contribution is 2.28. The van der Waals surface area contributed by atoms with Gasteiger partial charge in [-0.3, -0.25) is 0 Å². The number of nitrogens with two attached hydrogens (primary N) is 4. The molecule has 0 amide bonds. The number of aliphatic hydroxyl groups excluding tert-OH is 3. The second-order valence-corrected chi connectivity index (χ2v) is 12.1. The van der Waals surface area contributed by atoms with E-state index in [1.165, 1.54) is 89.9 Å². The van der Waals surface area contributed by atoms with Crippen molar-refractivity contribution in [3.8, 4) is 0 Å². The molecule has 1 aliphatic carbocycles. The second kappa shape index (κ2) is 20.5. The average molecular weight is 575 g/mol. The molecule has 10 nitrogen and oxygen atoms in total. The van der Waals surface area contributed by atoms with E-state index in [-0.39, 0.29) is 6.54 Å². The third kappa shape index (κ3) is 12.1. The highest BCUT2D eigenvalue weighted by atomic mass is 16.7. The van der Waals surface area contributed by atoms with E-state index in [0.29, 0.717) is 13.0 Å².